The zero-order chi connectivity index (χ0) is 36.2. The Labute approximate surface area is 317 Å². The van der Waals surface area contributed by atoms with Crippen molar-refractivity contribution in [2.24, 2.45) is 0 Å². The predicted octanol–water partition coefficient (Wildman–Crippen LogP) is 14.0. The maximum absolute atomic E-state index is 6.53. The van der Waals surface area contributed by atoms with E-state index in [1.165, 1.54) is 80.0 Å². The summed E-state index contributed by atoms with van der Waals surface area (Å²) in [6, 6.07) is 61.7. The van der Waals surface area contributed by atoms with Gasteiger partial charge in [-0.2, -0.15) is 0 Å². The standard InChI is InChI=1S/C52H36OS/c1-3-41-42(4-2)44(17-11-6-5-10-16-43(41)37-23-22-35-26-34(20-21-36(35)27-37)33-14-8-7-9-15-33)38-24-25-49-46(28-38)47-29-40-32-52-48(30-39(40)31-50(47)53-49)45-18-12-13-19-51(45)54-52/h3-32H,1-2H3/b10-5?,11-6?,41-3+,42-4+,43-16?,44-17?. The molecule has 10 aromatic rings. The summed E-state index contributed by atoms with van der Waals surface area (Å²) in [6.07, 6.45) is 4.51. The number of rotatable bonds is 3. The number of benzene rings is 7. The zero-order valence-electron chi connectivity index (χ0n) is 30.1. The van der Waals surface area contributed by atoms with Crippen molar-refractivity contribution in [3.63, 3.8) is 0 Å². The van der Waals surface area contributed by atoms with Crippen molar-refractivity contribution < 1.29 is 4.42 Å². The highest BCUT2D eigenvalue weighted by atomic mass is 32.1. The van der Waals surface area contributed by atoms with E-state index in [4.69, 9.17) is 4.42 Å². The summed E-state index contributed by atoms with van der Waals surface area (Å²) in [5.74, 6) is 0. The van der Waals surface area contributed by atoms with Crippen LogP contribution in [0.3, 0.4) is 0 Å². The average Bonchev–Trinajstić information content (AvgIpc) is 3.76. The van der Waals surface area contributed by atoms with Gasteiger partial charge < -0.3 is 4.42 Å². The molecule has 0 bridgehead atoms. The van der Waals surface area contributed by atoms with E-state index in [0.29, 0.717) is 0 Å². The smallest absolute Gasteiger partial charge is 0.136 e. The minimum Gasteiger partial charge on any atom is -0.456 e. The van der Waals surface area contributed by atoms with Crippen LogP contribution in [0.5, 0.6) is 0 Å². The molecule has 0 amide bonds. The highest BCUT2D eigenvalue weighted by molar-refractivity contribution is 7.25. The Hall–Kier alpha value is -6.48. The van der Waals surface area contributed by atoms with E-state index in [9.17, 15) is 0 Å². The van der Waals surface area contributed by atoms with Crippen molar-refractivity contribution in [1.82, 2.24) is 0 Å². The lowest BCUT2D eigenvalue weighted by molar-refractivity contribution is 0.669. The van der Waals surface area contributed by atoms with Gasteiger partial charge in [-0.15, -0.1) is 11.3 Å². The first-order valence-corrected chi connectivity index (χ1v) is 19.4. The minimum absolute atomic E-state index is 0.899. The molecule has 0 N–H and O–H groups in total. The quantitative estimate of drug-likeness (QED) is 0.178. The maximum Gasteiger partial charge on any atom is 0.136 e. The van der Waals surface area contributed by atoms with Crippen LogP contribution in [0.15, 0.2) is 174 Å². The van der Waals surface area contributed by atoms with Crippen LogP contribution in [-0.4, -0.2) is 0 Å². The highest BCUT2D eigenvalue weighted by Crippen LogP contribution is 2.39. The Morgan fingerprint density at radius 3 is 1.70 bits per heavy atom. The summed E-state index contributed by atoms with van der Waals surface area (Å²) < 4.78 is 9.16. The molecule has 2 heteroatoms. The Morgan fingerprint density at radius 2 is 0.944 bits per heavy atom. The number of hydrogen-bond acceptors (Lipinski definition) is 2. The van der Waals surface area contributed by atoms with Gasteiger partial charge in [-0.25, -0.2) is 0 Å². The molecule has 10 rings (SSSR count). The normalized spacial score (nSPS) is 12.5. The Morgan fingerprint density at radius 1 is 0.370 bits per heavy atom. The van der Waals surface area contributed by atoms with Crippen LogP contribution in [0, 0.1) is 0 Å². The van der Waals surface area contributed by atoms with Crippen LogP contribution in [0.2, 0.25) is 0 Å². The van der Waals surface area contributed by atoms with Crippen LogP contribution in [0.4, 0.5) is 0 Å². The van der Waals surface area contributed by atoms with Gasteiger partial charge in [-0.3, -0.25) is 0 Å². The van der Waals surface area contributed by atoms with Gasteiger partial charge >= 0.3 is 0 Å². The molecule has 0 atom stereocenters. The summed E-state index contributed by atoms with van der Waals surface area (Å²) >= 11 is 1.86. The number of fused-ring (bicyclic) bond motifs is 8. The van der Waals surface area contributed by atoms with E-state index in [-0.39, 0.29) is 0 Å². The van der Waals surface area contributed by atoms with Crippen LogP contribution in [0.1, 0.15) is 13.8 Å². The van der Waals surface area contributed by atoms with E-state index in [1.807, 2.05) is 11.3 Å². The molecule has 0 aliphatic rings. The summed E-state index contributed by atoms with van der Waals surface area (Å²) in [6.45, 7) is 4.29. The summed E-state index contributed by atoms with van der Waals surface area (Å²) in [5, 5.41) is 12.1. The monoisotopic (exact) mass is 708 g/mol. The molecule has 256 valence electrons. The van der Waals surface area contributed by atoms with Gasteiger partial charge in [-0.1, -0.05) is 127 Å². The molecule has 0 spiro atoms. The number of thiophene rings is 1. The van der Waals surface area contributed by atoms with E-state index >= 15 is 0 Å². The second kappa shape index (κ2) is 13.2. The van der Waals surface area contributed by atoms with E-state index in [0.717, 1.165) is 27.5 Å². The molecule has 1 nitrogen and oxygen atoms in total. The Balaban J connectivity index is 1.14. The minimum atomic E-state index is 0.899. The summed E-state index contributed by atoms with van der Waals surface area (Å²) in [5.41, 5.74) is 8.96. The van der Waals surface area contributed by atoms with Crippen LogP contribution < -0.4 is 10.4 Å². The van der Waals surface area contributed by atoms with Crippen molar-refractivity contribution in [3.05, 3.63) is 180 Å². The summed E-state index contributed by atoms with van der Waals surface area (Å²) in [4.78, 5) is 0. The fourth-order valence-electron chi connectivity index (χ4n) is 8.16. The SMILES string of the molecule is C/C=c1/c(-c2ccc3cc(-c4ccccc4)ccc3c2)ccccccc(-c2ccc3oc4cc5cc6c(cc5cc4c3c2)sc2ccccc26)/c1=C/C. The van der Waals surface area contributed by atoms with Gasteiger partial charge in [0.15, 0.2) is 0 Å². The molecule has 2 heterocycles. The third kappa shape index (κ3) is 5.46. The topological polar surface area (TPSA) is 13.1 Å². The number of furan rings is 1. The second-order valence-corrected chi connectivity index (χ2v) is 15.0. The van der Waals surface area contributed by atoms with E-state index in [2.05, 4.69) is 196 Å². The van der Waals surface area contributed by atoms with Crippen molar-refractivity contribution >= 4 is 87.1 Å². The molecule has 0 saturated carbocycles. The van der Waals surface area contributed by atoms with Gasteiger partial charge in [0.1, 0.15) is 11.2 Å². The van der Waals surface area contributed by atoms with Crippen molar-refractivity contribution in [1.29, 1.82) is 0 Å². The van der Waals surface area contributed by atoms with Crippen molar-refractivity contribution in [2.75, 3.05) is 0 Å². The summed E-state index contributed by atoms with van der Waals surface area (Å²) in [7, 11) is 0. The molecular weight excluding hydrogens is 673 g/mol. The van der Waals surface area contributed by atoms with Gasteiger partial charge in [0.2, 0.25) is 0 Å². The molecule has 54 heavy (non-hydrogen) atoms. The van der Waals surface area contributed by atoms with Crippen LogP contribution >= 0.6 is 11.3 Å². The lowest BCUT2D eigenvalue weighted by Crippen LogP contribution is -2.27. The molecular formula is C52H36OS. The third-order valence-electron chi connectivity index (χ3n) is 10.8. The molecule has 0 unspecified atom stereocenters. The molecule has 0 aliphatic heterocycles. The Kier molecular flexibility index (Phi) is 7.86. The maximum atomic E-state index is 6.53. The first-order valence-electron chi connectivity index (χ1n) is 18.6. The fraction of sp³-hybridized carbons (Fsp3) is 0.0385. The molecule has 0 fully saturated rings. The van der Waals surface area contributed by atoms with Gasteiger partial charge in [0.25, 0.3) is 0 Å². The van der Waals surface area contributed by atoms with Gasteiger partial charge in [0.05, 0.1) is 0 Å². The van der Waals surface area contributed by atoms with Gasteiger partial charge in [-0.05, 0) is 134 Å². The van der Waals surface area contributed by atoms with Crippen LogP contribution in [-0.2, 0) is 0 Å². The van der Waals surface area contributed by atoms with Gasteiger partial charge in [0, 0.05) is 30.9 Å². The lowest BCUT2D eigenvalue weighted by atomic mass is 9.95. The molecule has 0 radical (unpaired) electrons. The second-order valence-electron chi connectivity index (χ2n) is 13.9. The largest absolute Gasteiger partial charge is 0.456 e. The highest BCUT2D eigenvalue weighted by Gasteiger charge is 2.13. The predicted molar refractivity (Wildman–Crippen MR) is 235 cm³/mol. The molecule has 0 aliphatic carbocycles. The van der Waals surface area contributed by atoms with Crippen molar-refractivity contribution in [3.8, 4) is 33.4 Å². The molecule has 8 aromatic carbocycles. The molecule has 2 aromatic heterocycles. The fourth-order valence-corrected chi connectivity index (χ4v) is 9.30. The average molecular weight is 709 g/mol. The number of hydrogen-bond donors (Lipinski definition) is 0. The molecule has 0 saturated heterocycles. The zero-order valence-corrected chi connectivity index (χ0v) is 31.0. The van der Waals surface area contributed by atoms with Crippen molar-refractivity contribution in [2.45, 2.75) is 13.8 Å². The van der Waals surface area contributed by atoms with E-state index in [1.54, 1.807) is 0 Å². The third-order valence-corrected chi connectivity index (χ3v) is 11.9. The Bertz CT molecular complexity index is 3290. The lowest BCUT2D eigenvalue weighted by Gasteiger charge is -2.09. The van der Waals surface area contributed by atoms with E-state index < -0.39 is 0 Å². The first-order chi connectivity index (χ1) is 26.6. The first kappa shape index (κ1) is 32.2. The van der Waals surface area contributed by atoms with Crippen LogP contribution in [0.25, 0.3) is 109 Å².